The molecule has 0 aliphatic heterocycles. The quantitative estimate of drug-likeness (QED) is 0.621. The predicted octanol–water partition coefficient (Wildman–Crippen LogP) is 3.75. The molecule has 1 N–H and O–H groups in total. The maximum absolute atomic E-state index is 5.63. The summed E-state index contributed by atoms with van der Waals surface area (Å²) in [7, 11) is 0. The van der Waals surface area contributed by atoms with Crippen molar-refractivity contribution in [2.75, 3.05) is 13.2 Å². The number of hydrogen-bond acceptors (Lipinski definition) is 2. The van der Waals surface area contributed by atoms with Crippen molar-refractivity contribution in [3.8, 4) is 0 Å². The second-order valence-electron chi connectivity index (χ2n) is 5.67. The standard InChI is InChI=1S/C15H31NO/c1-4-11-16-15(14-8-5-6-9-14)10-7-12-17-13(2)3/h13-16H,4-12H2,1-3H3. The van der Waals surface area contributed by atoms with Crippen molar-refractivity contribution >= 4 is 0 Å². The van der Waals surface area contributed by atoms with Crippen LogP contribution in [-0.2, 0) is 4.74 Å². The lowest BCUT2D eigenvalue weighted by Gasteiger charge is -2.25. The van der Waals surface area contributed by atoms with E-state index in [4.69, 9.17) is 4.74 Å². The number of hydrogen-bond donors (Lipinski definition) is 1. The molecule has 17 heavy (non-hydrogen) atoms. The molecule has 1 rings (SSSR count). The van der Waals surface area contributed by atoms with Gasteiger partial charge in [0.15, 0.2) is 0 Å². The number of ether oxygens (including phenoxy) is 1. The van der Waals surface area contributed by atoms with Crippen molar-refractivity contribution in [1.29, 1.82) is 0 Å². The lowest BCUT2D eigenvalue weighted by atomic mass is 9.94. The van der Waals surface area contributed by atoms with E-state index in [-0.39, 0.29) is 0 Å². The largest absolute Gasteiger partial charge is 0.379 e. The Morgan fingerprint density at radius 3 is 2.53 bits per heavy atom. The van der Waals surface area contributed by atoms with Gasteiger partial charge in [-0.2, -0.15) is 0 Å². The molecule has 0 aromatic heterocycles. The van der Waals surface area contributed by atoms with Gasteiger partial charge < -0.3 is 10.1 Å². The van der Waals surface area contributed by atoms with Gasteiger partial charge in [-0.25, -0.2) is 0 Å². The molecule has 1 saturated carbocycles. The number of rotatable bonds is 9. The molecular formula is C15H31NO. The molecule has 1 aliphatic rings. The first-order valence-electron chi connectivity index (χ1n) is 7.59. The normalized spacial score (nSPS) is 19.1. The van der Waals surface area contributed by atoms with Gasteiger partial charge in [-0.3, -0.25) is 0 Å². The molecular weight excluding hydrogens is 210 g/mol. The molecule has 0 saturated heterocycles. The smallest absolute Gasteiger partial charge is 0.0518 e. The highest BCUT2D eigenvalue weighted by atomic mass is 16.5. The monoisotopic (exact) mass is 241 g/mol. The van der Waals surface area contributed by atoms with E-state index in [1.165, 1.54) is 51.5 Å². The summed E-state index contributed by atoms with van der Waals surface area (Å²) in [6, 6.07) is 0.744. The van der Waals surface area contributed by atoms with Crippen LogP contribution in [0.15, 0.2) is 0 Å². The maximum Gasteiger partial charge on any atom is 0.0518 e. The van der Waals surface area contributed by atoms with Gasteiger partial charge >= 0.3 is 0 Å². The van der Waals surface area contributed by atoms with E-state index in [9.17, 15) is 0 Å². The van der Waals surface area contributed by atoms with Gasteiger partial charge in [-0.15, -0.1) is 0 Å². The summed E-state index contributed by atoms with van der Waals surface area (Å²) in [6.45, 7) is 8.58. The average molecular weight is 241 g/mol. The van der Waals surface area contributed by atoms with Crippen molar-refractivity contribution in [1.82, 2.24) is 5.32 Å². The molecule has 0 spiro atoms. The highest BCUT2D eigenvalue weighted by Crippen LogP contribution is 2.29. The summed E-state index contributed by atoms with van der Waals surface area (Å²) in [6.07, 6.45) is 9.87. The van der Waals surface area contributed by atoms with Crippen LogP contribution in [0.25, 0.3) is 0 Å². The van der Waals surface area contributed by atoms with Gasteiger partial charge in [0.05, 0.1) is 6.10 Å². The molecule has 1 aliphatic carbocycles. The summed E-state index contributed by atoms with van der Waals surface area (Å²) in [4.78, 5) is 0. The van der Waals surface area contributed by atoms with Crippen LogP contribution in [-0.4, -0.2) is 25.3 Å². The molecule has 0 amide bonds. The number of nitrogens with one attached hydrogen (secondary N) is 1. The fourth-order valence-corrected chi connectivity index (χ4v) is 2.82. The highest BCUT2D eigenvalue weighted by Gasteiger charge is 2.23. The van der Waals surface area contributed by atoms with Crippen molar-refractivity contribution in [2.45, 2.75) is 77.9 Å². The second kappa shape index (κ2) is 8.93. The van der Waals surface area contributed by atoms with Crippen LogP contribution in [0.4, 0.5) is 0 Å². The Morgan fingerprint density at radius 2 is 1.94 bits per heavy atom. The summed E-state index contributed by atoms with van der Waals surface area (Å²) in [5.41, 5.74) is 0. The Kier molecular flexibility index (Phi) is 7.87. The van der Waals surface area contributed by atoms with Crippen LogP contribution in [0, 0.1) is 5.92 Å². The van der Waals surface area contributed by atoms with Crippen molar-refractivity contribution in [2.24, 2.45) is 5.92 Å². The maximum atomic E-state index is 5.63. The summed E-state index contributed by atoms with van der Waals surface area (Å²) in [5, 5.41) is 3.74. The Hall–Kier alpha value is -0.0800. The van der Waals surface area contributed by atoms with Gasteiger partial charge in [-0.1, -0.05) is 19.8 Å². The predicted molar refractivity (Wildman–Crippen MR) is 74.4 cm³/mol. The Balaban J connectivity index is 2.20. The molecule has 1 atom stereocenters. The lowest BCUT2D eigenvalue weighted by molar-refractivity contribution is 0.0732. The minimum atomic E-state index is 0.378. The van der Waals surface area contributed by atoms with E-state index in [1.54, 1.807) is 0 Å². The molecule has 0 radical (unpaired) electrons. The molecule has 102 valence electrons. The van der Waals surface area contributed by atoms with Gasteiger partial charge in [0.2, 0.25) is 0 Å². The van der Waals surface area contributed by atoms with Crippen LogP contribution in [0.2, 0.25) is 0 Å². The topological polar surface area (TPSA) is 21.3 Å². The molecule has 0 heterocycles. The van der Waals surface area contributed by atoms with Crippen LogP contribution in [0.1, 0.15) is 65.7 Å². The molecule has 1 fully saturated rings. The molecule has 2 heteroatoms. The molecule has 1 unspecified atom stereocenters. The molecule has 2 nitrogen and oxygen atoms in total. The zero-order chi connectivity index (χ0) is 12.5. The van der Waals surface area contributed by atoms with E-state index in [1.807, 2.05) is 0 Å². The first-order valence-corrected chi connectivity index (χ1v) is 7.59. The van der Waals surface area contributed by atoms with E-state index in [0.29, 0.717) is 6.10 Å². The van der Waals surface area contributed by atoms with Gasteiger partial charge in [0.25, 0.3) is 0 Å². The summed E-state index contributed by atoms with van der Waals surface area (Å²) >= 11 is 0. The van der Waals surface area contributed by atoms with E-state index in [2.05, 4.69) is 26.1 Å². The van der Waals surface area contributed by atoms with Crippen LogP contribution >= 0.6 is 0 Å². The Bertz CT molecular complexity index is 176. The van der Waals surface area contributed by atoms with Crippen LogP contribution in [0.3, 0.4) is 0 Å². The van der Waals surface area contributed by atoms with Crippen molar-refractivity contribution in [3.63, 3.8) is 0 Å². The fourth-order valence-electron chi connectivity index (χ4n) is 2.82. The third-order valence-electron chi connectivity index (χ3n) is 3.74. The Morgan fingerprint density at radius 1 is 1.24 bits per heavy atom. The van der Waals surface area contributed by atoms with E-state index in [0.717, 1.165) is 18.6 Å². The first kappa shape index (κ1) is 15.0. The Labute approximate surface area is 108 Å². The first-order chi connectivity index (χ1) is 8.24. The zero-order valence-corrected chi connectivity index (χ0v) is 12.0. The third kappa shape index (κ3) is 6.42. The van der Waals surface area contributed by atoms with E-state index < -0.39 is 0 Å². The molecule has 0 aromatic carbocycles. The third-order valence-corrected chi connectivity index (χ3v) is 3.74. The van der Waals surface area contributed by atoms with Crippen LogP contribution in [0.5, 0.6) is 0 Å². The minimum absolute atomic E-state index is 0.378. The average Bonchev–Trinajstić information content (AvgIpc) is 2.81. The van der Waals surface area contributed by atoms with Gasteiger partial charge in [-0.05, 0) is 58.4 Å². The summed E-state index contributed by atoms with van der Waals surface area (Å²) in [5.74, 6) is 0.931. The lowest BCUT2D eigenvalue weighted by Crippen LogP contribution is -2.36. The SMILES string of the molecule is CCCNC(CCCOC(C)C)C1CCCC1. The van der Waals surface area contributed by atoms with Crippen LogP contribution < -0.4 is 5.32 Å². The van der Waals surface area contributed by atoms with Crippen molar-refractivity contribution in [3.05, 3.63) is 0 Å². The van der Waals surface area contributed by atoms with Crippen molar-refractivity contribution < 1.29 is 4.74 Å². The summed E-state index contributed by atoms with van der Waals surface area (Å²) < 4.78 is 5.63. The molecule has 0 bridgehead atoms. The fraction of sp³-hybridized carbons (Fsp3) is 1.00. The highest BCUT2D eigenvalue weighted by molar-refractivity contribution is 4.80. The van der Waals surface area contributed by atoms with Gasteiger partial charge in [0.1, 0.15) is 0 Å². The zero-order valence-electron chi connectivity index (χ0n) is 12.0. The molecule has 0 aromatic rings. The van der Waals surface area contributed by atoms with E-state index >= 15 is 0 Å². The van der Waals surface area contributed by atoms with Gasteiger partial charge in [0, 0.05) is 12.6 Å². The second-order valence-corrected chi connectivity index (χ2v) is 5.67. The minimum Gasteiger partial charge on any atom is -0.379 e.